The van der Waals surface area contributed by atoms with Gasteiger partial charge < -0.3 is 0 Å². The molecule has 0 aliphatic carbocycles. The molecule has 0 fully saturated rings. The maximum Gasteiger partial charge on any atom is 0.0702 e. The first-order valence-corrected chi connectivity index (χ1v) is 20.7. The third-order valence-corrected chi connectivity index (χ3v) is 12.0. The first-order valence-electron chi connectivity index (χ1n) is 18.3. The van der Waals surface area contributed by atoms with E-state index in [1.807, 2.05) is 73.2 Å². The Balaban J connectivity index is 1.11. The monoisotopic (exact) mass is 903 g/mol. The molecule has 5 aromatic carbocycles. The van der Waals surface area contributed by atoms with Crippen molar-refractivity contribution in [2.45, 2.75) is 25.7 Å². The van der Waals surface area contributed by atoms with Gasteiger partial charge in [0.15, 0.2) is 0 Å². The minimum atomic E-state index is 0.911. The molecule has 0 amide bonds. The number of benzene rings is 5. The van der Waals surface area contributed by atoms with E-state index in [2.05, 4.69) is 160 Å². The van der Waals surface area contributed by atoms with Gasteiger partial charge in [0.05, 0.1) is 17.1 Å². The van der Waals surface area contributed by atoms with E-state index in [4.69, 9.17) is 0 Å². The molecule has 0 atom stereocenters. The summed E-state index contributed by atoms with van der Waals surface area (Å²) in [6.07, 6.45) is 9.16. The standard InChI is InChI=1S/C49H36Br3N3/c50-44-30-37(47-11-3-6-24-53-47)20-18-35(44)16-14-33-27-34(15-17-36-19-21-38(31-45(36)51)48-12-4-7-25-54-48)29-40(28-33)41-9-1-2-10-42(41)43-23-22-39(32-46(43)52)49-13-5-8-26-55-49/h1-13,18-32H,14-17H2. The van der Waals surface area contributed by atoms with Crippen LogP contribution in [0.4, 0.5) is 0 Å². The first-order chi connectivity index (χ1) is 27.0. The zero-order chi connectivity index (χ0) is 37.6. The van der Waals surface area contributed by atoms with Gasteiger partial charge in [0.25, 0.3) is 0 Å². The smallest absolute Gasteiger partial charge is 0.0702 e. The fourth-order valence-electron chi connectivity index (χ4n) is 7.05. The topological polar surface area (TPSA) is 38.7 Å². The SMILES string of the molecule is Brc1cc(-c2ccccn2)ccc1CCc1cc(CCc2ccc(-c3ccccn3)cc2Br)cc(-c2ccccc2-c2ccc(-c3ccccn3)cc2Br)c1. The minimum Gasteiger partial charge on any atom is -0.256 e. The van der Waals surface area contributed by atoms with E-state index in [0.29, 0.717) is 0 Å². The van der Waals surface area contributed by atoms with Crippen LogP contribution in [0.2, 0.25) is 0 Å². The van der Waals surface area contributed by atoms with Crippen molar-refractivity contribution in [2.24, 2.45) is 0 Å². The lowest BCUT2D eigenvalue weighted by molar-refractivity contribution is 0.926. The van der Waals surface area contributed by atoms with E-state index < -0.39 is 0 Å². The molecule has 0 spiro atoms. The molecule has 0 saturated heterocycles. The van der Waals surface area contributed by atoms with Gasteiger partial charge in [-0.15, -0.1) is 0 Å². The number of aromatic nitrogens is 3. The number of aryl methyl sites for hydroxylation is 4. The summed E-state index contributed by atoms with van der Waals surface area (Å²) in [5.41, 5.74) is 16.2. The van der Waals surface area contributed by atoms with E-state index in [9.17, 15) is 0 Å². The number of halogens is 3. The van der Waals surface area contributed by atoms with Crippen molar-refractivity contribution < 1.29 is 0 Å². The molecular formula is C49H36Br3N3. The number of nitrogens with zero attached hydrogens (tertiary/aromatic N) is 3. The van der Waals surface area contributed by atoms with Gasteiger partial charge in [0.2, 0.25) is 0 Å². The number of hydrogen-bond acceptors (Lipinski definition) is 3. The highest BCUT2D eigenvalue weighted by atomic mass is 79.9. The van der Waals surface area contributed by atoms with Crippen LogP contribution in [0.3, 0.4) is 0 Å². The predicted molar refractivity (Wildman–Crippen MR) is 238 cm³/mol. The maximum atomic E-state index is 4.57. The van der Waals surface area contributed by atoms with Gasteiger partial charge in [-0.2, -0.15) is 0 Å². The van der Waals surface area contributed by atoms with Crippen molar-refractivity contribution in [1.29, 1.82) is 0 Å². The number of rotatable bonds is 11. The Morgan fingerprint density at radius 2 is 0.764 bits per heavy atom. The summed E-state index contributed by atoms with van der Waals surface area (Å²) in [5.74, 6) is 0. The van der Waals surface area contributed by atoms with Crippen LogP contribution in [0.1, 0.15) is 22.3 Å². The lowest BCUT2D eigenvalue weighted by Crippen LogP contribution is -1.99. The van der Waals surface area contributed by atoms with Gasteiger partial charge in [0.1, 0.15) is 0 Å². The van der Waals surface area contributed by atoms with Gasteiger partial charge in [-0.1, -0.05) is 145 Å². The molecule has 0 bridgehead atoms. The van der Waals surface area contributed by atoms with Gasteiger partial charge >= 0.3 is 0 Å². The molecule has 3 nitrogen and oxygen atoms in total. The summed E-state index contributed by atoms with van der Waals surface area (Å²) in [4.78, 5) is 13.7. The third-order valence-electron chi connectivity index (χ3n) is 9.90. The highest BCUT2D eigenvalue weighted by molar-refractivity contribution is 9.11. The average molecular weight is 907 g/mol. The van der Waals surface area contributed by atoms with Crippen LogP contribution in [0.25, 0.3) is 56.0 Å². The number of pyridine rings is 3. The summed E-state index contributed by atoms with van der Waals surface area (Å²) >= 11 is 11.7. The van der Waals surface area contributed by atoms with E-state index in [0.717, 1.165) is 78.4 Å². The molecule has 0 radical (unpaired) electrons. The van der Waals surface area contributed by atoms with Gasteiger partial charge in [-0.3, -0.25) is 15.0 Å². The molecule has 55 heavy (non-hydrogen) atoms. The van der Waals surface area contributed by atoms with Crippen LogP contribution in [0.15, 0.2) is 184 Å². The summed E-state index contributed by atoms with van der Waals surface area (Å²) in [7, 11) is 0. The summed E-state index contributed by atoms with van der Waals surface area (Å²) in [6, 6.07) is 53.7. The summed E-state index contributed by atoms with van der Waals surface area (Å²) < 4.78 is 3.25. The third kappa shape index (κ3) is 8.78. The lowest BCUT2D eigenvalue weighted by Gasteiger charge is -2.16. The van der Waals surface area contributed by atoms with Crippen LogP contribution in [0, 0.1) is 0 Å². The normalized spacial score (nSPS) is 11.1. The number of hydrogen-bond donors (Lipinski definition) is 0. The molecule has 0 saturated carbocycles. The first kappa shape index (κ1) is 36.9. The molecule has 0 unspecified atom stereocenters. The molecular weight excluding hydrogens is 870 g/mol. The van der Waals surface area contributed by atoms with Crippen LogP contribution >= 0.6 is 47.8 Å². The van der Waals surface area contributed by atoms with Crippen LogP contribution in [0.5, 0.6) is 0 Å². The largest absolute Gasteiger partial charge is 0.256 e. The Labute approximate surface area is 348 Å². The van der Waals surface area contributed by atoms with E-state index in [1.165, 1.54) is 38.9 Å². The second kappa shape index (κ2) is 17.2. The van der Waals surface area contributed by atoms with Crippen molar-refractivity contribution >= 4 is 47.8 Å². The molecule has 8 rings (SSSR count). The second-order valence-corrected chi connectivity index (χ2v) is 16.1. The quantitative estimate of drug-likeness (QED) is 0.130. The Morgan fingerprint density at radius 1 is 0.327 bits per heavy atom. The lowest BCUT2D eigenvalue weighted by atomic mass is 9.90. The van der Waals surface area contributed by atoms with Crippen LogP contribution in [-0.4, -0.2) is 15.0 Å². The minimum absolute atomic E-state index is 0.911. The van der Waals surface area contributed by atoms with Gasteiger partial charge in [0, 0.05) is 48.7 Å². The zero-order valence-corrected chi connectivity index (χ0v) is 34.7. The van der Waals surface area contributed by atoms with Crippen molar-refractivity contribution in [3.8, 4) is 56.0 Å². The van der Waals surface area contributed by atoms with E-state index in [-0.39, 0.29) is 0 Å². The summed E-state index contributed by atoms with van der Waals surface area (Å²) in [6.45, 7) is 0. The van der Waals surface area contributed by atoms with E-state index in [1.54, 1.807) is 0 Å². The Kier molecular flexibility index (Phi) is 11.6. The fraction of sp³-hybridized carbons (Fsp3) is 0.0816. The Morgan fingerprint density at radius 3 is 1.20 bits per heavy atom. The van der Waals surface area contributed by atoms with E-state index >= 15 is 0 Å². The van der Waals surface area contributed by atoms with Crippen LogP contribution in [-0.2, 0) is 25.7 Å². The van der Waals surface area contributed by atoms with Crippen molar-refractivity contribution in [1.82, 2.24) is 15.0 Å². The predicted octanol–water partition coefficient (Wildman–Crippen LogP) is 14.1. The Hall–Kier alpha value is -5.01. The molecule has 3 heterocycles. The summed E-state index contributed by atoms with van der Waals surface area (Å²) in [5, 5.41) is 0. The van der Waals surface area contributed by atoms with Gasteiger partial charge in [-0.25, -0.2) is 0 Å². The van der Waals surface area contributed by atoms with Crippen LogP contribution < -0.4 is 0 Å². The van der Waals surface area contributed by atoms with Gasteiger partial charge in [-0.05, 0) is 125 Å². The molecule has 6 heteroatoms. The molecule has 3 aromatic heterocycles. The maximum absolute atomic E-state index is 4.57. The van der Waals surface area contributed by atoms with Crippen molar-refractivity contribution in [2.75, 3.05) is 0 Å². The highest BCUT2D eigenvalue weighted by Crippen LogP contribution is 2.39. The highest BCUT2D eigenvalue weighted by Gasteiger charge is 2.15. The zero-order valence-electron chi connectivity index (χ0n) is 30.0. The molecule has 0 N–H and O–H groups in total. The van der Waals surface area contributed by atoms with Crippen molar-refractivity contribution in [3.05, 3.63) is 206 Å². The molecule has 0 aliphatic heterocycles. The second-order valence-electron chi connectivity index (χ2n) is 13.5. The fourth-order valence-corrected chi connectivity index (χ4v) is 8.79. The van der Waals surface area contributed by atoms with Crippen molar-refractivity contribution in [3.63, 3.8) is 0 Å². The molecule has 268 valence electrons. The average Bonchev–Trinajstić information content (AvgIpc) is 3.23. The molecule has 0 aliphatic rings. The molecule has 8 aromatic rings. The Bertz CT molecular complexity index is 2460.